The minimum atomic E-state index is 0. The maximum absolute atomic E-state index is 8.66. The van der Waals surface area contributed by atoms with Gasteiger partial charge >= 0.3 is 0 Å². The fraction of sp³-hybridized carbons (Fsp3) is 1.00. The first-order valence-corrected chi connectivity index (χ1v) is 6.21. The maximum atomic E-state index is 8.66. The van der Waals surface area contributed by atoms with Crippen molar-refractivity contribution in [3.8, 4) is 0 Å². The van der Waals surface area contributed by atoms with Crippen LogP contribution in [0.3, 0.4) is 0 Å². The molecule has 0 radical (unpaired) electrons. The van der Waals surface area contributed by atoms with Crippen molar-refractivity contribution in [1.29, 1.82) is 0 Å². The molecule has 1 aliphatic heterocycles. The van der Waals surface area contributed by atoms with Crippen LogP contribution < -0.4 is 12.4 Å². The summed E-state index contributed by atoms with van der Waals surface area (Å²) in [6.45, 7) is 4.50. The molecule has 1 aliphatic rings. The lowest BCUT2D eigenvalue weighted by Gasteiger charge is -2.37. The molecule has 92 valence electrons. The molecular formula is C12H26ClNO. The molecule has 1 rings (SSSR count). The van der Waals surface area contributed by atoms with E-state index in [-0.39, 0.29) is 12.4 Å². The number of quaternary nitrogens is 1. The topological polar surface area (TPSA) is 20.2 Å². The van der Waals surface area contributed by atoms with E-state index in [9.17, 15) is 0 Å². The summed E-state index contributed by atoms with van der Waals surface area (Å²) in [4.78, 5) is 0. The van der Waals surface area contributed by atoms with Crippen LogP contribution in [0.15, 0.2) is 0 Å². The molecule has 0 aromatic heterocycles. The third-order valence-electron chi connectivity index (χ3n) is 3.50. The molecule has 1 heterocycles. The number of piperidine rings is 1. The molecule has 15 heavy (non-hydrogen) atoms. The van der Waals surface area contributed by atoms with Gasteiger partial charge in [0, 0.05) is 6.61 Å². The van der Waals surface area contributed by atoms with Crippen molar-refractivity contribution >= 4 is 0 Å². The van der Waals surface area contributed by atoms with Crippen LogP contribution in [-0.2, 0) is 0 Å². The Bertz CT molecular complexity index is 147. The van der Waals surface area contributed by atoms with Crippen LogP contribution >= 0.6 is 0 Å². The van der Waals surface area contributed by atoms with Crippen molar-refractivity contribution < 1.29 is 22.0 Å². The first-order valence-electron chi connectivity index (χ1n) is 6.21. The fourth-order valence-corrected chi connectivity index (χ4v) is 2.46. The zero-order chi connectivity index (χ0) is 10.3. The Labute approximate surface area is 101 Å². The van der Waals surface area contributed by atoms with Gasteiger partial charge in [-0.2, -0.15) is 0 Å². The van der Waals surface area contributed by atoms with Crippen LogP contribution in [-0.4, -0.2) is 42.9 Å². The minimum absolute atomic E-state index is 0. The van der Waals surface area contributed by atoms with Gasteiger partial charge in [-0.15, -0.1) is 0 Å². The van der Waals surface area contributed by atoms with Crippen LogP contribution in [0.1, 0.15) is 44.9 Å². The highest BCUT2D eigenvalue weighted by molar-refractivity contribution is 4.52. The standard InChI is InChI=1S/C12H26NO.ClH/c1-13(10-6-4-7-11-13)9-5-2-3-8-12-14;/h14H,2-12H2,1H3;1H/q+1;/p-1. The van der Waals surface area contributed by atoms with Gasteiger partial charge in [0.15, 0.2) is 0 Å². The number of aliphatic hydroxyl groups excluding tert-OH is 1. The van der Waals surface area contributed by atoms with Gasteiger partial charge in [-0.05, 0) is 38.5 Å². The van der Waals surface area contributed by atoms with Crippen molar-refractivity contribution in [2.75, 3.05) is 33.3 Å². The first-order chi connectivity index (χ1) is 6.77. The molecule has 0 amide bonds. The van der Waals surface area contributed by atoms with Crippen LogP contribution in [0.25, 0.3) is 0 Å². The smallest absolute Gasteiger partial charge is 0.0784 e. The highest BCUT2D eigenvalue weighted by Crippen LogP contribution is 2.17. The Kier molecular flexibility index (Phi) is 8.49. The summed E-state index contributed by atoms with van der Waals surface area (Å²) in [6, 6.07) is 0. The molecule has 0 bridgehead atoms. The predicted octanol–water partition coefficient (Wildman–Crippen LogP) is -0.826. The molecule has 0 saturated carbocycles. The Hall–Kier alpha value is 0.210. The van der Waals surface area contributed by atoms with E-state index in [2.05, 4.69) is 7.05 Å². The zero-order valence-electron chi connectivity index (χ0n) is 10.1. The third-order valence-corrected chi connectivity index (χ3v) is 3.50. The van der Waals surface area contributed by atoms with E-state index in [1.54, 1.807) is 0 Å². The number of likely N-dealkylation sites (tertiary alicyclic amines) is 1. The van der Waals surface area contributed by atoms with E-state index < -0.39 is 0 Å². The van der Waals surface area contributed by atoms with E-state index in [1.807, 2.05) is 0 Å². The SMILES string of the molecule is C[N+]1(CCCCCCO)CCCCC1.[Cl-]. The second-order valence-corrected chi connectivity index (χ2v) is 4.99. The average Bonchev–Trinajstić information content (AvgIpc) is 2.18. The maximum Gasteiger partial charge on any atom is 0.0784 e. The highest BCUT2D eigenvalue weighted by atomic mass is 35.5. The third kappa shape index (κ3) is 6.39. The summed E-state index contributed by atoms with van der Waals surface area (Å²) < 4.78 is 1.30. The van der Waals surface area contributed by atoms with Gasteiger partial charge in [0.1, 0.15) is 0 Å². The van der Waals surface area contributed by atoms with Crippen molar-refractivity contribution in [1.82, 2.24) is 0 Å². The lowest BCUT2D eigenvalue weighted by Crippen LogP contribution is -3.00. The summed E-state index contributed by atoms with van der Waals surface area (Å²) >= 11 is 0. The Morgan fingerprint density at radius 3 is 2.13 bits per heavy atom. The van der Waals surface area contributed by atoms with E-state index in [0.717, 1.165) is 6.42 Å². The van der Waals surface area contributed by atoms with Crippen molar-refractivity contribution in [3.05, 3.63) is 0 Å². The lowest BCUT2D eigenvalue weighted by molar-refractivity contribution is -0.914. The Balaban J connectivity index is 0.00000196. The normalized spacial score (nSPS) is 19.6. The fourth-order valence-electron chi connectivity index (χ4n) is 2.46. The summed E-state index contributed by atoms with van der Waals surface area (Å²) in [7, 11) is 2.41. The van der Waals surface area contributed by atoms with Crippen LogP contribution in [0.5, 0.6) is 0 Å². The number of halogens is 1. The van der Waals surface area contributed by atoms with Crippen LogP contribution in [0.2, 0.25) is 0 Å². The lowest BCUT2D eigenvalue weighted by atomic mass is 10.1. The minimum Gasteiger partial charge on any atom is -1.00 e. The van der Waals surface area contributed by atoms with Gasteiger partial charge in [-0.1, -0.05) is 6.42 Å². The zero-order valence-corrected chi connectivity index (χ0v) is 10.8. The molecule has 1 N–H and O–H groups in total. The second-order valence-electron chi connectivity index (χ2n) is 4.99. The van der Waals surface area contributed by atoms with E-state index >= 15 is 0 Å². The Morgan fingerprint density at radius 2 is 1.53 bits per heavy atom. The molecule has 1 fully saturated rings. The van der Waals surface area contributed by atoms with Crippen LogP contribution in [0, 0.1) is 0 Å². The molecule has 1 saturated heterocycles. The Morgan fingerprint density at radius 1 is 0.933 bits per heavy atom. The molecule has 0 spiro atoms. The predicted molar refractivity (Wildman–Crippen MR) is 60.2 cm³/mol. The quantitative estimate of drug-likeness (QED) is 0.471. The number of aliphatic hydroxyl groups is 1. The largest absolute Gasteiger partial charge is 1.00 e. The van der Waals surface area contributed by atoms with Gasteiger partial charge in [0.2, 0.25) is 0 Å². The summed E-state index contributed by atoms with van der Waals surface area (Å²) in [5.41, 5.74) is 0. The summed E-state index contributed by atoms with van der Waals surface area (Å²) in [6.07, 6.45) is 9.13. The molecule has 0 aliphatic carbocycles. The summed E-state index contributed by atoms with van der Waals surface area (Å²) in [5, 5.41) is 8.66. The van der Waals surface area contributed by atoms with Gasteiger partial charge in [0.25, 0.3) is 0 Å². The highest BCUT2D eigenvalue weighted by Gasteiger charge is 2.23. The molecule has 0 atom stereocenters. The average molecular weight is 236 g/mol. The number of nitrogens with zero attached hydrogens (tertiary/aromatic N) is 1. The second kappa shape index (κ2) is 8.37. The monoisotopic (exact) mass is 235 g/mol. The van der Waals surface area contributed by atoms with Crippen molar-refractivity contribution in [2.45, 2.75) is 44.9 Å². The number of rotatable bonds is 6. The van der Waals surface area contributed by atoms with Gasteiger partial charge in [-0.25, -0.2) is 0 Å². The van der Waals surface area contributed by atoms with E-state index in [1.165, 1.54) is 62.6 Å². The van der Waals surface area contributed by atoms with Crippen molar-refractivity contribution in [2.24, 2.45) is 0 Å². The number of hydrogen-bond acceptors (Lipinski definition) is 1. The molecule has 0 aromatic rings. The van der Waals surface area contributed by atoms with Gasteiger partial charge in [-0.3, -0.25) is 0 Å². The van der Waals surface area contributed by atoms with Crippen molar-refractivity contribution in [3.63, 3.8) is 0 Å². The van der Waals surface area contributed by atoms with Gasteiger partial charge < -0.3 is 22.0 Å². The molecule has 3 heteroatoms. The van der Waals surface area contributed by atoms with Gasteiger partial charge in [0.05, 0.1) is 26.7 Å². The number of hydrogen-bond donors (Lipinski definition) is 1. The molecular weight excluding hydrogens is 210 g/mol. The summed E-state index contributed by atoms with van der Waals surface area (Å²) in [5.74, 6) is 0. The van der Waals surface area contributed by atoms with E-state index in [0.29, 0.717) is 6.61 Å². The van der Waals surface area contributed by atoms with E-state index in [4.69, 9.17) is 5.11 Å². The first kappa shape index (κ1) is 15.2. The molecule has 0 aromatic carbocycles. The van der Waals surface area contributed by atoms with Crippen LogP contribution in [0.4, 0.5) is 0 Å². The molecule has 2 nitrogen and oxygen atoms in total. The molecule has 0 unspecified atom stereocenters. The number of unbranched alkanes of at least 4 members (excludes halogenated alkanes) is 3.